The number of nitrogens with one attached hydrogen (secondary N) is 2. The summed E-state index contributed by atoms with van der Waals surface area (Å²) in [5.41, 5.74) is 4.48. The van der Waals surface area contributed by atoms with E-state index in [0.717, 1.165) is 21.9 Å². The lowest BCUT2D eigenvalue weighted by Crippen LogP contribution is -2.29. The van der Waals surface area contributed by atoms with E-state index < -0.39 is 5.97 Å². The Morgan fingerprint density at radius 2 is 1.70 bits per heavy atom. The van der Waals surface area contributed by atoms with E-state index in [1.165, 1.54) is 21.3 Å². The molecule has 1 amide bonds. The molecular weight excluding hydrogens is 478 g/mol. The van der Waals surface area contributed by atoms with Crippen LogP contribution in [-0.4, -0.2) is 63.4 Å². The summed E-state index contributed by atoms with van der Waals surface area (Å²) in [4.78, 5) is 34.7. The number of benzene rings is 2. The van der Waals surface area contributed by atoms with Crippen LogP contribution >= 0.6 is 0 Å². The normalized spacial score (nSPS) is 12.6. The number of amides is 1. The third-order valence-corrected chi connectivity index (χ3v) is 6.77. The zero-order valence-electron chi connectivity index (χ0n) is 21.7. The third-order valence-electron chi connectivity index (χ3n) is 6.77. The van der Waals surface area contributed by atoms with E-state index in [1.54, 1.807) is 24.1 Å². The van der Waals surface area contributed by atoms with Gasteiger partial charge in [0.25, 0.3) is 5.91 Å². The van der Waals surface area contributed by atoms with Gasteiger partial charge in [-0.25, -0.2) is 4.79 Å². The molecule has 0 unspecified atom stereocenters. The number of rotatable bonds is 7. The summed E-state index contributed by atoms with van der Waals surface area (Å²) < 4.78 is 27.5. The van der Waals surface area contributed by atoms with E-state index in [4.69, 9.17) is 23.7 Å². The van der Waals surface area contributed by atoms with Gasteiger partial charge < -0.3 is 38.6 Å². The number of carbonyl (C=O) groups excluding carboxylic acids is 2. The molecule has 0 radical (unpaired) electrons. The molecule has 37 heavy (non-hydrogen) atoms. The molecule has 194 valence electrons. The monoisotopic (exact) mass is 507 g/mol. The van der Waals surface area contributed by atoms with Crippen LogP contribution < -0.4 is 23.8 Å². The highest BCUT2D eigenvalue weighted by molar-refractivity contribution is 6.14. The van der Waals surface area contributed by atoms with Gasteiger partial charge in [0.05, 0.1) is 57.3 Å². The Labute approximate surface area is 213 Å². The fraction of sp³-hybridized carbons (Fsp3) is 0.333. The molecule has 0 spiro atoms. The Morgan fingerprint density at radius 1 is 0.946 bits per heavy atom. The smallest absolute Gasteiger partial charge is 0.340 e. The average molecular weight is 508 g/mol. The summed E-state index contributed by atoms with van der Waals surface area (Å²) >= 11 is 0. The molecule has 0 bridgehead atoms. The number of hydrogen-bond donors (Lipinski definition) is 2. The molecule has 0 atom stereocenters. The lowest BCUT2D eigenvalue weighted by molar-refractivity contribution is 0.0602. The summed E-state index contributed by atoms with van der Waals surface area (Å²) in [5, 5.41) is 1.48. The number of H-pyrrole nitrogens is 2. The molecule has 0 saturated carbocycles. The Kier molecular flexibility index (Phi) is 6.10. The minimum atomic E-state index is -0.435. The summed E-state index contributed by atoms with van der Waals surface area (Å²) in [6.07, 6.45) is 0.580. The van der Waals surface area contributed by atoms with Crippen molar-refractivity contribution in [2.45, 2.75) is 20.3 Å². The first-order valence-corrected chi connectivity index (χ1v) is 11.9. The second-order valence-corrected chi connectivity index (χ2v) is 8.67. The number of anilines is 1. The lowest BCUT2D eigenvalue weighted by Gasteiger charge is -2.18. The number of carbonyl (C=O) groups is 2. The number of ether oxygens (including phenoxy) is 5. The Bertz CT molecular complexity index is 1550. The van der Waals surface area contributed by atoms with Gasteiger partial charge in [-0.05, 0) is 38.0 Å². The molecule has 10 heteroatoms. The van der Waals surface area contributed by atoms with Gasteiger partial charge in [0, 0.05) is 29.1 Å². The van der Waals surface area contributed by atoms with Crippen LogP contribution in [0, 0.1) is 6.92 Å². The van der Waals surface area contributed by atoms with Gasteiger partial charge in [-0.3, -0.25) is 4.79 Å². The highest BCUT2D eigenvalue weighted by Crippen LogP contribution is 2.45. The average Bonchev–Trinajstić information content (AvgIpc) is 3.61. The zero-order chi connectivity index (χ0) is 26.4. The van der Waals surface area contributed by atoms with E-state index in [1.807, 2.05) is 19.9 Å². The van der Waals surface area contributed by atoms with Gasteiger partial charge in [0.2, 0.25) is 5.75 Å². The minimum Gasteiger partial charge on any atom is -0.493 e. The van der Waals surface area contributed by atoms with Crippen molar-refractivity contribution < 1.29 is 33.3 Å². The van der Waals surface area contributed by atoms with Crippen molar-refractivity contribution in [2.75, 3.05) is 46.5 Å². The highest BCUT2D eigenvalue weighted by atomic mass is 16.5. The SMILES string of the molecule is CCOc1cc2c(c3c(C(=O)OC)c(C)[nH]c13)CCN2C(=O)c1cc2cc(OC)c(OC)c(OC)c2[nH]1. The van der Waals surface area contributed by atoms with Gasteiger partial charge in [-0.2, -0.15) is 0 Å². The molecule has 2 N–H and O–H groups in total. The Hall–Kier alpha value is -4.34. The van der Waals surface area contributed by atoms with Gasteiger partial charge in [0.1, 0.15) is 11.4 Å². The van der Waals surface area contributed by atoms with Crippen LogP contribution in [0.25, 0.3) is 21.8 Å². The first kappa shape index (κ1) is 24.4. The second kappa shape index (κ2) is 9.27. The molecule has 0 aliphatic carbocycles. The van der Waals surface area contributed by atoms with Crippen molar-refractivity contribution in [2.24, 2.45) is 0 Å². The number of aromatic amines is 2. The van der Waals surface area contributed by atoms with Crippen molar-refractivity contribution in [1.82, 2.24) is 9.97 Å². The number of aromatic nitrogens is 2. The number of nitrogens with zero attached hydrogens (tertiary/aromatic N) is 1. The van der Waals surface area contributed by atoms with Gasteiger partial charge in [-0.1, -0.05) is 0 Å². The van der Waals surface area contributed by atoms with Crippen LogP contribution in [0.3, 0.4) is 0 Å². The fourth-order valence-electron chi connectivity index (χ4n) is 5.20. The van der Waals surface area contributed by atoms with E-state index >= 15 is 0 Å². The maximum absolute atomic E-state index is 13.8. The van der Waals surface area contributed by atoms with Crippen LogP contribution in [0.2, 0.25) is 0 Å². The van der Waals surface area contributed by atoms with Crippen LogP contribution in [0.15, 0.2) is 18.2 Å². The van der Waals surface area contributed by atoms with E-state index in [2.05, 4.69) is 9.97 Å². The van der Waals surface area contributed by atoms with Crippen LogP contribution in [-0.2, 0) is 11.2 Å². The molecule has 0 fully saturated rings. The summed E-state index contributed by atoms with van der Waals surface area (Å²) in [5.74, 6) is 1.30. The summed E-state index contributed by atoms with van der Waals surface area (Å²) in [6.45, 7) is 4.59. The predicted molar refractivity (Wildman–Crippen MR) is 139 cm³/mol. The molecule has 1 aliphatic heterocycles. The predicted octanol–water partition coefficient (Wildman–Crippen LogP) is 4.37. The van der Waals surface area contributed by atoms with Crippen LogP contribution in [0.1, 0.15) is 39.0 Å². The Morgan fingerprint density at radius 3 is 2.35 bits per heavy atom. The molecule has 2 aromatic heterocycles. The standard InChI is InChI=1S/C27H29N3O7/c1-7-37-18-12-17-15(21-20(27(32)36-6)13(2)28-23(18)21)8-9-30(17)26(31)16-10-14-11-19(33-3)24(34-4)25(35-5)22(14)29-16/h10-12,28-29H,7-9H2,1-6H3. The molecule has 3 heterocycles. The largest absolute Gasteiger partial charge is 0.493 e. The Balaban J connectivity index is 1.65. The first-order valence-electron chi connectivity index (χ1n) is 11.9. The van der Waals surface area contributed by atoms with Crippen molar-refractivity contribution in [3.8, 4) is 23.0 Å². The number of methoxy groups -OCH3 is 4. The third kappa shape index (κ3) is 3.62. The van der Waals surface area contributed by atoms with Crippen molar-refractivity contribution >= 4 is 39.4 Å². The number of aryl methyl sites for hydroxylation is 1. The fourth-order valence-corrected chi connectivity index (χ4v) is 5.20. The van der Waals surface area contributed by atoms with Crippen molar-refractivity contribution in [3.05, 3.63) is 40.7 Å². The van der Waals surface area contributed by atoms with E-state index in [0.29, 0.717) is 70.7 Å². The molecule has 4 aromatic rings. The minimum absolute atomic E-state index is 0.219. The quantitative estimate of drug-likeness (QED) is 0.357. The van der Waals surface area contributed by atoms with Crippen molar-refractivity contribution in [3.63, 3.8) is 0 Å². The van der Waals surface area contributed by atoms with Crippen LogP contribution in [0.5, 0.6) is 23.0 Å². The number of esters is 1. The van der Waals surface area contributed by atoms with Crippen molar-refractivity contribution in [1.29, 1.82) is 0 Å². The second-order valence-electron chi connectivity index (χ2n) is 8.67. The van der Waals surface area contributed by atoms with E-state index in [9.17, 15) is 9.59 Å². The van der Waals surface area contributed by atoms with Crippen LogP contribution in [0.4, 0.5) is 5.69 Å². The molecule has 10 nitrogen and oxygen atoms in total. The van der Waals surface area contributed by atoms with Gasteiger partial charge in [0.15, 0.2) is 11.5 Å². The lowest BCUT2D eigenvalue weighted by atomic mass is 10.0. The zero-order valence-corrected chi connectivity index (χ0v) is 21.7. The topological polar surface area (TPSA) is 115 Å². The maximum Gasteiger partial charge on any atom is 0.340 e. The molecule has 1 aliphatic rings. The summed E-state index contributed by atoms with van der Waals surface area (Å²) in [7, 11) is 5.97. The molecule has 2 aromatic carbocycles. The van der Waals surface area contributed by atoms with Gasteiger partial charge >= 0.3 is 5.97 Å². The van der Waals surface area contributed by atoms with E-state index in [-0.39, 0.29) is 5.91 Å². The molecule has 0 saturated heterocycles. The number of hydrogen-bond acceptors (Lipinski definition) is 7. The van der Waals surface area contributed by atoms with Gasteiger partial charge in [-0.15, -0.1) is 0 Å². The number of fused-ring (bicyclic) bond motifs is 4. The molecular formula is C27H29N3O7. The molecule has 5 rings (SSSR count). The first-order chi connectivity index (χ1) is 17.9. The maximum atomic E-state index is 13.8. The summed E-state index contributed by atoms with van der Waals surface area (Å²) in [6, 6.07) is 5.42. The highest BCUT2D eigenvalue weighted by Gasteiger charge is 2.33.